The Labute approximate surface area is 126 Å². The minimum atomic E-state index is -0.928. The molecule has 1 aromatic rings. The van der Waals surface area contributed by atoms with Gasteiger partial charge in [-0.1, -0.05) is 6.07 Å². The first-order valence-corrected chi connectivity index (χ1v) is 7.40. The number of hydrogen-bond acceptors (Lipinski definition) is 3. The minimum Gasteiger partial charge on any atom is -0.478 e. The first-order chi connectivity index (χ1) is 10.1. The molecule has 0 aliphatic carbocycles. The van der Waals surface area contributed by atoms with E-state index in [-0.39, 0.29) is 0 Å². The van der Waals surface area contributed by atoms with Crippen molar-refractivity contribution < 1.29 is 14.6 Å². The van der Waals surface area contributed by atoms with E-state index in [9.17, 15) is 4.79 Å². The molecule has 0 radical (unpaired) electrons. The van der Waals surface area contributed by atoms with Crippen LogP contribution in [0.3, 0.4) is 0 Å². The molecule has 4 nitrogen and oxygen atoms in total. The molecular weight excluding hydrogens is 266 g/mol. The first kappa shape index (κ1) is 15.6. The van der Waals surface area contributed by atoms with Crippen molar-refractivity contribution in [2.45, 2.75) is 32.3 Å². The molecule has 1 aliphatic heterocycles. The van der Waals surface area contributed by atoms with Crippen LogP contribution >= 0.6 is 0 Å². The van der Waals surface area contributed by atoms with Crippen LogP contribution in [0.5, 0.6) is 0 Å². The number of aryl methyl sites for hydroxylation is 1. The smallest absolute Gasteiger partial charge is 0.328 e. The van der Waals surface area contributed by atoms with Crippen LogP contribution in [0.4, 0.5) is 5.69 Å². The predicted molar refractivity (Wildman–Crippen MR) is 84.7 cm³/mol. The maximum atomic E-state index is 10.5. The second kappa shape index (κ2) is 7.27. The molecule has 1 aliphatic rings. The maximum absolute atomic E-state index is 10.5. The molecule has 1 fully saturated rings. The third-order valence-corrected chi connectivity index (χ3v) is 3.80. The lowest BCUT2D eigenvalue weighted by Gasteiger charge is -2.29. The molecule has 1 heterocycles. The first-order valence-electron chi connectivity index (χ1n) is 7.40. The average Bonchev–Trinajstić information content (AvgIpc) is 2.46. The summed E-state index contributed by atoms with van der Waals surface area (Å²) in [6.45, 7) is 3.81. The molecule has 1 N–H and O–H groups in total. The molecule has 4 heteroatoms. The normalized spacial score (nSPS) is 18.9. The lowest BCUT2D eigenvalue weighted by atomic mass is 10.1. The zero-order valence-electron chi connectivity index (χ0n) is 12.7. The molecular formula is C17H23NO3. The summed E-state index contributed by atoms with van der Waals surface area (Å²) < 4.78 is 5.78. The van der Waals surface area contributed by atoms with Crippen molar-refractivity contribution in [3.63, 3.8) is 0 Å². The Bertz CT molecular complexity index is 519. The summed E-state index contributed by atoms with van der Waals surface area (Å²) in [4.78, 5) is 12.8. The van der Waals surface area contributed by atoms with Gasteiger partial charge in [0.25, 0.3) is 0 Å². The van der Waals surface area contributed by atoms with E-state index in [1.54, 1.807) is 6.08 Å². The third kappa shape index (κ3) is 4.60. The average molecular weight is 289 g/mol. The summed E-state index contributed by atoms with van der Waals surface area (Å²) in [7, 11) is 2.08. The largest absolute Gasteiger partial charge is 0.478 e. The Balaban J connectivity index is 2.03. The Kier molecular flexibility index (Phi) is 5.39. The lowest BCUT2D eigenvalue weighted by molar-refractivity contribution is -0.131. The topological polar surface area (TPSA) is 49.8 Å². The van der Waals surface area contributed by atoms with E-state index < -0.39 is 5.97 Å². The van der Waals surface area contributed by atoms with Crippen molar-refractivity contribution in [2.75, 3.05) is 25.1 Å². The molecule has 0 aromatic heterocycles. The number of aliphatic carboxylic acids is 1. The molecule has 0 amide bonds. The van der Waals surface area contributed by atoms with Crippen molar-refractivity contribution in [2.24, 2.45) is 0 Å². The molecule has 0 bridgehead atoms. The molecule has 1 unspecified atom stereocenters. The number of ether oxygens (including phenoxy) is 1. The highest BCUT2D eigenvalue weighted by Crippen LogP contribution is 2.23. The SMILES string of the molecule is Cc1cc(C=CC(=O)O)ccc1N(C)CC1CCCCO1. The van der Waals surface area contributed by atoms with Crippen LogP contribution in [0, 0.1) is 6.92 Å². The van der Waals surface area contributed by atoms with Crippen LogP contribution < -0.4 is 4.90 Å². The van der Waals surface area contributed by atoms with Gasteiger partial charge in [0.1, 0.15) is 0 Å². The Hall–Kier alpha value is -1.81. The van der Waals surface area contributed by atoms with Crippen LogP contribution in [0.15, 0.2) is 24.3 Å². The second-order valence-corrected chi connectivity index (χ2v) is 5.59. The van der Waals surface area contributed by atoms with E-state index in [1.807, 2.05) is 25.1 Å². The van der Waals surface area contributed by atoms with E-state index >= 15 is 0 Å². The summed E-state index contributed by atoms with van der Waals surface area (Å²) >= 11 is 0. The number of nitrogens with zero attached hydrogens (tertiary/aromatic N) is 1. The van der Waals surface area contributed by atoms with Gasteiger partial charge in [-0.25, -0.2) is 4.79 Å². The van der Waals surface area contributed by atoms with Gasteiger partial charge in [0.2, 0.25) is 0 Å². The molecule has 114 valence electrons. The van der Waals surface area contributed by atoms with Gasteiger partial charge in [0.05, 0.1) is 6.10 Å². The standard InChI is InChI=1S/C17H23NO3/c1-13-11-14(7-9-17(19)20)6-8-16(13)18(2)12-15-5-3-4-10-21-15/h6-9,11,15H,3-5,10,12H2,1-2H3,(H,19,20). The van der Waals surface area contributed by atoms with E-state index in [0.29, 0.717) is 6.10 Å². The number of carboxylic acid groups (broad SMARTS) is 1. The zero-order valence-corrected chi connectivity index (χ0v) is 12.7. The molecule has 0 spiro atoms. The summed E-state index contributed by atoms with van der Waals surface area (Å²) in [6, 6.07) is 5.99. The number of carbonyl (C=O) groups is 1. The number of hydrogen-bond donors (Lipinski definition) is 1. The third-order valence-electron chi connectivity index (χ3n) is 3.80. The molecule has 1 atom stereocenters. The van der Waals surface area contributed by atoms with Crippen LogP contribution in [0.2, 0.25) is 0 Å². The van der Waals surface area contributed by atoms with E-state index in [1.165, 1.54) is 12.8 Å². The van der Waals surface area contributed by atoms with Crippen molar-refractivity contribution in [1.29, 1.82) is 0 Å². The number of rotatable bonds is 5. The van der Waals surface area contributed by atoms with Crippen LogP contribution in [-0.4, -0.2) is 37.4 Å². The Morgan fingerprint density at radius 2 is 2.29 bits per heavy atom. The number of benzene rings is 1. The quantitative estimate of drug-likeness (QED) is 0.846. The lowest BCUT2D eigenvalue weighted by Crippen LogP contribution is -2.33. The van der Waals surface area contributed by atoms with Crippen LogP contribution in [0.1, 0.15) is 30.4 Å². The van der Waals surface area contributed by atoms with Gasteiger partial charge < -0.3 is 14.7 Å². The van der Waals surface area contributed by atoms with Gasteiger partial charge >= 0.3 is 5.97 Å². The summed E-state index contributed by atoms with van der Waals surface area (Å²) in [6.07, 6.45) is 6.63. The zero-order chi connectivity index (χ0) is 15.2. The van der Waals surface area contributed by atoms with Crippen LogP contribution in [-0.2, 0) is 9.53 Å². The van der Waals surface area contributed by atoms with E-state index in [4.69, 9.17) is 9.84 Å². The van der Waals surface area contributed by atoms with Crippen molar-refractivity contribution >= 4 is 17.7 Å². The maximum Gasteiger partial charge on any atom is 0.328 e. The fourth-order valence-electron chi connectivity index (χ4n) is 2.73. The van der Waals surface area contributed by atoms with Gasteiger partial charge in [-0.15, -0.1) is 0 Å². The van der Waals surface area contributed by atoms with Crippen LogP contribution in [0.25, 0.3) is 6.08 Å². The molecule has 21 heavy (non-hydrogen) atoms. The van der Waals surface area contributed by atoms with E-state index in [2.05, 4.69) is 11.9 Å². The summed E-state index contributed by atoms with van der Waals surface area (Å²) in [5.74, 6) is -0.928. The van der Waals surface area contributed by atoms with Crippen molar-refractivity contribution in [3.8, 4) is 0 Å². The Morgan fingerprint density at radius 3 is 2.90 bits per heavy atom. The molecule has 2 rings (SSSR count). The molecule has 1 aromatic carbocycles. The van der Waals surface area contributed by atoms with Crippen molar-refractivity contribution in [1.82, 2.24) is 0 Å². The fraction of sp³-hybridized carbons (Fsp3) is 0.471. The molecule has 1 saturated heterocycles. The number of anilines is 1. The number of likely N-dealkylation sites (N-methyl/N-ethyl adjacent to an activating group) is 1. The van der Waals surface area contributed by atoms with Gasteiger partial charge in [0.15, 0.2) is 0 Å². The van der Waals surface area contributed by atoms with E-state index in [0.717, 1.165) is 42.5 Å². The summed E-state index contributed by atoms with van der Waals surface area (Å²) in [5.41, 5.74) is 3.21. The number of carboxylic acids is 1. The van der Waals surface area contributed by atoms with Gasteiger partial charge in [-0.2, -0.15) is 0 Å². The minimum absolute atomic E-state index is 0.315. The van der Waals surface area contributed by atoms with Crippen molar-refractivity contribution in [3.05, 3.63) is 35.4 Å². The van der Waals surface area contributed by atoms with Gasteiger partial charge in [-0.3, -0.25) is 0 Å². The highest BCUT2D eigenvalue weighted by atomic mass is 16.5. The highest BCUT2D eigenvalue weighted by molar-refractivity contribution is 5.85. The highest BCUT2D eigenvalue weighted by Gasteiger charge is 2.16. The molecule has 0 saturated carbocycles. The Morgan fingerprint density at radius 1 is 1.48 bits per heavy atom. The van der Waals surface area contributed by atoms with Gasteiger partial charge in [0, 0.05) is 32.0 Å². The predicted octanol–water partition coefficient (Wildman–Crippen LogP) is 3.10. The summed E-state index contributed by atoms with van der Waals surface area (Å²) in [5, 5.41) is 8.66. The second-order valence-electron chi connectivity index (χ2n) is 5.59. The van der Waals surface area contributed by atoms with Gasteiger partial charge in [-0.05, 0) is 55.5 Å². The fourth-order valence-corrected chi connectivity index (χ4v) is 2.73. The monoisotopic (exact) mass is 289 g/mol.